The summed E-state index contributed by atoms with van der Waals surface area (Å²) in [5.41, 5.74) is 0.861. The van der Waals surface area contributed by atoms with Gasteiger partial charge in [0.15, 0.2) is 0 Å². The lowest BCUT2D eigenvalue weighted by atomic mass is 10.2. The minimum Gasteiger partial charge on any atom is -0.494 e. The molecule has 1 N–H and O–H groups in total. The van der Waals surface area contributed by atoms with Crippen molar-refractivity contribution in [3.05, 3.63) is 23.8 Å². The summed E-state index contributed by atoms with van der Waals surface area (Å²) in [6.07, 6.45) is 1.91. The predicted molar refractivity (Wildman–Crippen MR) is 78.3 cm³/mol. The van der Waals surface area contributed by atoms with E-state index in [1.54, 1.807) is 25.2 Å². The van der Waals surface area contributed by atoms with Crippen molar-refractivity contribution in [2.75, 3.05) is 20.7 Å². The molecule has 1 fully saturated rings. The topological polar surface area (TPSA) is 58.6 Å². The number of hydrogen-bond acceptors (Lipinski definition) is 4. The first kappa shape index (κ1) is 15.3. The predicted octanol–water partition coefficient (Wildman–Crippen LogP) is 1.59. The fourth-order valence-electron chi connectivity index (χ4n) is 2.14. The van der Waals surface area contributed by atoms with Gasteiger partial charge in [0.05, 0.1) is 11.5 Å². The van der Waals surface area contributed by atoms with Crippen LogP contribution in [0.25, 0.3) is 0 Å². The van der Waals surface area contributed by atoms with E-state index in [4.69, 9.17) is 4.74 Å². The second-order valence-corrected chi connectivity index (χ2v) is 6.98. The normalized spacial score (nSPS) is 15.6. The Labute approximate surface area is 121 Å². The van der Waals surface area contributed by atoms with Crippen LogP contribution in [0.15, 0.2) is 23.1 Å². The van der Waals surface area contributed by atoms with E-state index in [0.717, 1.165) is 24.2 Å². The molecule has 0 spiro atoms. The Morgan fingerprint density at radius 3 is 2.65 bits per heavy atom. The molecule has 1 aromatic carbocycles. The molecule has 0 bridgehead atoms. The Bertz CT molecular complexity index is 568. The molecule has 2 rings (SSSR count). The number of nitrogens with zero attached hydrogens (tertiary/aromatic N) is 1. The zero-order valence-electron chi connectivity index (χ0n) is 12.2. The summed E-state index contributed by atoms with van der Waals surface area (Å²) < 4.78 is 32.0. The van der Waals surface area contributed by atoms with Crippen molar-refractivity contribution in [3.8, 4) is 5.75 Å². The lowest BCUT2D eigenvalue weighted by Crippen LogP contribution is -2.29. The molecule has 0 unspecified atom stereocenters. The van der Waals surface area contributed by atoms with E-state index in [9.17, 15) is 8.42 Å². The van der Waals surface area contributed by atoms with Crippen molar-refractivity contribution in [2.45, 2.75) is 37.2 Å². The molecular formula is C14H22N2O3S. The first-order valence-electron chi connectivity index (χ1n) is 6.89. The van der Waals surface area contributed by atoms with Crippen LogP contribution in [0.3, 0.4) is 0 Å². The first-order valence-corrected chi connectivity index (χ1v) is 8.33. The van der Waals surface area contributed by atoms with Gasteiger partial charge in [-0.05, 0) is 45.0 Å². The third kappa shape index (κ3) is 3.13. The summed E-state index contributed by atoms with van der Waals surface area (Å²) in [5.74, 6) is 0.731. The maximum absolute atomic E-state index is 12.5. The molecule has 0 atom stereocenters. The first-order chi connectivity index (χ1) is 9.50. The molecule has 1 aliphatic rings. The minimum atomic E-state index is -3.40. The SMILES string of the molecule is CCOc1ccc(S(=O)(=O)N(C)C2CC2)cc1CNC. The zero-order chi connectivity index (χ0) is 14.8. The number of hydrogen-bond donors (Lipinski definition) is 1. The highest BCUT2D eigenvalue weighted by molar-refractivity contribution is 7.89. The van der Waals surface area contributed by atoms with Crippen molar-refractivity contribution in [1.82, 2.24) is 9.62 Å². The van der Waals surface area contributed by atoms with Gasteiger partial charge in [-0.3, -0.25) is 0 Å². The second-order valence-electron chi connectivity index (χ2n) is 4.99. The lowest BCUT2D eigenvalue weighted by molar-refractivity contribution is 0.335. The van der Waals surface area contributed by atoms with Crippen molar-refractivity contribution >= 4 is 10.0 Å². The molecule has 1 aromatic rings. The molecule has 0 aliphatic heterocycles. The van der Waals surface area contributed by atoms with Crippen LogP contribution < -0.4 is 10.1 Å². The van der Waals surface area contributed by atoms with E-state index < -0.39 is 10.0 Å². The van der Waals surface area contributed by atoms with Crippen LogP contribution in [0.5, 0.6) is 5.75 Å². The Morgan fingerprint density at radius 1 is 1.40 bits per heavy atom. The van der Waals surface area contributed by atoms with E-state index in [1.807, 2.05) is 14.0 Å². The Hall–Kier alpha value is -1.11. The number of sulfonamides is 1. The Morgan fingerprint density at radius 2 is 2.10 bits per heavy atom. The average molecular weight is 298 g/mol. The van der Waals surface area contributed by atoms with Crippen LogP contribution in [0.2, 0.25) is 0 Å². The maximum atomic E-state index is 12.5. The standard InChI is InChI=1S/C14H22N2O3S/c1-4-19-14-8-7-13(9-11(14)10-15-2)20(17,18)16(3)12-5-6-12/h7-9,12,15H,4-6,10H2,1-3H3. The van der Waals surface area contributed by atoms with E-state index in [1.165, 1.54) is 4.31 Å². The molecule has 0 saturated heterocycles. The fraction of sp³-hybridized carbons (Fsp3) is 0.571. The molecule has 112 valence electrons. The molecular weight excluding hydrogens is 276 g/mol. The van der Waals surface area contributed by atoms with Gasteiger partial charge in [-0.15, -0.1) is 0 Å². The monoisotopic (exact) mass is 298 g/mol. The van der Waals surface area contributed by atoms with E-state index in [-0.39, 0.29) is 6.04 Å². The highest BCUT2D eigenvalue weighted by atomic mass is 32.2. The van der Waals surface area contributed by atoms with Gasteiger partial charge < -0.3 is 10.1 Å². The number of rotatable bonds is 7. The zero-order valence-corrected chi connectivity index (χ0v) is 13.0. The van der Waals surface area contributed by atoms with Gasteiger partial charge in [0, 0.05) is 25.2 Å². The van der Waals surface area contributed by atoms with Crippen LogP contribution in [0.1, 0.15) is 25.3 Å². The second kappa shape index (κ2) is 6.11. The van der Waals surface area contributed by atoms with Crippen LogP contribution in [0, 0.1) is 0 Å². The van der Waals surface area contributed by atoms with E-state index in [2.05, 4.69) is 5.32 Å². The van der Waals surface area contributed by atoms with Crippen LogP contribution in [-0.4, -0.2) is 39.5 Å². The minimum absolute atomic E-state index is 0.166. The summed E-state index contributed by atoms with van der Waals surface area (Å²) >= 11 is 0. The summed E-state index contributed by atoms with van der Waals surface area (Å²) in [6, 6.07) is 5.23. The highest BCUT2D eigenvalue weighted by Gasteiger charge is 2.35. The van der Waals surface area contributed by atoms with Crippen LogP contribution in [0.4, 0.5) is 0 Å². The molecule has 0 aromatic heterocycles. The summed E-state index contributed by atoms with van der Waals surface area (Å²) in [4.78, 5) is 0.334. The number of benzene rings is 1. The third-order valence-corrected chi connectivity index (χ3v) is 5.34. The molecule has 6 heteroatoms. The van der Waals surface area contributed by atoms with Crippen molar-refractivity contribution in [3.63, 3.8) is 0 Å². The van der Waals surface area contributed by atoms with Gasteiger partial charge >= 0.3 is 0 Å². The van der Waals surface area contributed by atoms with Crippen LogP contribution in [-0.2, 0) is 16.6 Å². The number of nitrogens with one attached hydrogen (secondary N) is 1. The summed E-state index contributed by atoms with van der Waals surface area (Å²) in [5, 5.41) is 3.04. The summed E-state index contributed by atoms with van der Waals surface area (Å²) in [6.45, 7) is 3.05. The molecule has 1 aliphatic carbocycles. The molecule has 0 heterocycles. The van der Waals surface area contributed by atoms with Gasteiger partial charge in [0.1, 0.15) is 5.75 Å². The van der Waals surface area contributed by atoms with Gasteiger partial charge in [-0.25, -0.2) is 8.42 Å². The average Bonchev–Trinajstić information content (AvgIpc) is 3.24. The maximum Gasteiger partial charge on any atom is 0.243 e. The molecule has 0 amide bonds. The smallest absolute Gasteiger partial charge is 0.243 e. The molecule has 1 saturated carbocycles. The van der Waals surface area contributed by atoms with Gasteiger partial charge in [-0.1, -0.05) is 0 Å². The largest absolute Gasteiger partial charge is 0.494 e. The lowest BCUT2D eigenvalue weighted by Gasteiger charge is -2.18. The van der Waals surface area contributed by atoms with E-state index in [0.29, 0.717) is 18.0 Å². The Balaban J connectivity index is 2.34. The van der Waals surface area contributed by atoms with Gasteiger partial charge in [0.2, 0.25) is 10.0 Å². The fourth-order valence-corrected chi connectivity index (χ4v) is 3.61. The Kier molecular flexibility index (Phi) is 4.67. The van der Waals surface area contributed by atoms with Gasteiger partial charge in [0.25, 0.3) is 0 Å². The van der Waals surface area contributed by atoms with Crippen LogP contribution >= 0.6 is 0 Å². The van der Waals surface area contributed by atoms with E-state index >= 15 is 0 Å². The number of ether oxygens (including phenoxy) is 1. The molecule has 5 nitrogen and oxygen atoms in total. The van der Waals surface area contributed by atoms with Crippen molar-refractivity contribution in [2.24, 2.45) is 0 Å². The third-order valence-electron chi connectivity index (χ3n) is 3.44. The summed E-state index contributed by atoms with van der Waals surface area (Å²) in [7, 11) is 0.0823. The van der Waals surface area contributed by atoms with Crippen molar-refractivity contribution < 1.29 is 13.2 Å². The quantitative estimate of drug-likeness (QED) is 0.830. The van der Waals surface area contributed by atoms with Crippen molar-refractivity contribution in [1.29, 1.82) is 0 Å². The molecule has 0 radical (unpaired) electrons. The highest BCUT2D eigenvalue weighted by Crippen LogP contribution is 2.31. The van der Waals surface area contributed by atoms with Gasteiger partial charge in [-0.2, -0.15) is 4.31 Å². The molecule has 20 heavy (non-hydrogen) atoms.